The molecular formula is C9H15N. The number of aliphatic imine (C=N–C) groups is 1. The van der Waals surface area contributed by atoms with Gasteiger partial charge in [0.05, 0.1) is 0 Å². The van der Waals surface area contributed by atoms with Gasteiger partial charge in [0.2, 0.25) is 0 Å². The minimum absolute atomic E-state index is 0.675. The first-order valence-electron chi connectivity index (χ1n) is 4.14. The summed E-state index contributed by atoms with van der Waals surface area (Å²) in [6.07, 6.45) is 2.79. The van der Waals surface area contributed by atoms with Gasteiger partial charge in [0.1, 0.15) is 0 Å². The van der Waals surface area contributed by atoms with Gasteiger partial charge >= 0.3 is 0 Å². The SMILES string of the molecule is CN=C1C(C)CC2(C)CC12. The molecule has 0 amide bonds. The summed E-state index contributed by atoms with van der Waals surface area (Å²) in [6, 6.07) is 0. The van der Waals surface area contributed by atoms with Crippen molar-refractivity contribution in [1.29, 1.82) is 0 Å². The Morgan fingerprint density at radius 2 is 2.20 bits per heavy atom. The molecule has 0 aromatic heterocycles. The molecule has 0 aromatic rings. The van der Waals surface area contributed by atoms with Crippen LogP contribution in [-0.4, -0.2) is 12.8 Å². The van der Waals surface area contributed by atoms with Crippen LogP contribution in [0.15, 0.2) is 4.99 Å². The molecule has 3 unspecified atom stereocenters. The number of nitrogens with zero attached hydrogens (tertiary/aromatic N) is 1. The molecule has 1 heteroatoms. The maximum absolute atomic E-state index is 4.35. The van der Waals surface area contributed by atoms with Crippen LogP contribution in [0.5, 0.6) is 0 Å². The average molecular weight is 137 g/mol. The molecule has 2 aliphatic rings. The molecule has 2 rings (SSSR count). The van der Waals surface area contributed by atoms with Gasteiger partial charge < -0.3 is 0 Å². The maximum atomic E-state index is 4.35. The van der Waals surface area contributed by atoms with Gasteiger partial charge in [-0.15, -0.1) is 0 Å². The van der Waals surface area contributed by atoms with Crippen LogP contribution in [0.4, 0.5) is 0 Å². The van der Waals surface area contributed by atoms with E-state index in [1.807, 2.05) is 7.05 Å². The van der Waals surface area contributed by atoms with Crippen LogP contribution >= 0.6 is 0 Å². The van der Waals surface area contributed by atoms with Crippen LogP contribution in [-0.2, 0) is 0 Å². The molecule has 2 aliphatic carbocycles. The minimum atomic E-state index is 0.675. The van der Waals surface area contributed by atoms with Crippen molar-refractivity contribution in [2.24, 2.45) is 22.2 Å². The van der Waals surface area contributed by atoms with Crippen molar-refractivity contribution >= 4 is 5.71 Å². The lowest BCUT2D eigenvalue weighted by Gasteiger charge is -2.06. The summed E-state index contributed by atoms with van der Waals surface area (Å²) >= 11 is 0. The largest absolute Gasteiger partial charge is 0.297 e. The number of fused-ring (bicyclic) bond motifs is 1. The molecule has 1 nitrogen and oxygen atoms in total. The molecule has 0 aromatic carbocycles. The normalized spacial score (nSPS) is 55.3. The quantitative estimate of drug-likeness (QED) is 0.485. The summed E-state index contributed by atoms with van der Waals surface area (Å²) in [5.41, 5.74) is 2.16. The van der Waals surface area contributed by atoms with Gasteiger partial charge in [0.25, 0.3) is 0 Å². The summed E-state index contributed by atoms with van der Waals surface area (Å²) in [5.74, 6) is 1.64. The van der Waals surface area contributed by atoms with Crippen molar-refractivity contribution in [2.45, 2.75) is 26.7 Å². The lowest BCUT2D eigenvalue weighted by atomic mass is 10.0. The van der Waals surface area contributed by atoms with Crippen LogP contribution in [0, 0.1) is 17.3 Å². The van der Waals surface area contributed by atoms with E-state index >= 15 is 0 Å². The predicted octanol–water partition coefficient (Wildman–Crippen LogP) is 2.12. The van der Waals surface area contributed by atoms with E-state index in [1.54, 1.807) is 0 Å². The molecule has 2 saturated carbocycles. The Kier molecular flexibility index (Phi) is 1.04. The molecule has 0 heterocycles. The number of rotatable bonds is 0. The van der Waals surface area contributed by atoms with E-state index in [-0.39, 0.29) is 0 Å². The molecule has 2 fully saturated rings. The van der Waals surface area contributed by atoms with Crippen molar-refractivity contribution in [3.63, 3.8) is 0 Å². The first kappa shape index (κ1) is 6.38. The Hall–Kier alpha value is -0.330. The fraction of sp³-hybridized carbons (Fsp3) is 0.889. The third-order valence-corrected chi connectivity index (χ3v) is 3.24. The predicted molar refractivity (Wildman–Crippen MR) is 43.4 cm³/mol. The van der Waals surface area contributed by atoms with Gasteiger partial charge in [-0.1, -0.05) is 13.8 Å². The maximum Gasteiger partial charge on any atom is 0.0276 e. The fourth-order valence-corrected chi connectivity index (χ4v) is 2.62. The zero-order chi connectivity index (χ0) is 7.35. The monoisotopic (exact) mass is 137 g/mol. The van der Waals surface area contributed by atoms with E-state index in [9.17, 15) is 0 Å². The second-order valence-electron chi connectivity index (χ2n) is 4.16. The summed E-state index contributed by atoms with van der Waals surface area (Å²) in [5, 5.41) is 0. The van der Waals surface area contributed by atoms with Gasteiger partial charge in [0.15, 0.2) is 0 Å². The van der Waals surface area contributed by atoms with Gasteiger partial charge in [0, 0.05) is 18.7 Å². The van der Waals surface area contributed by atoms with Crippen LogP contribution in [0.2, 0.25) is 0 Å². The average Bonchev–Trinajstić information content (AvgIpc) is 2.38. The van der Waals surface area contributed by atoms with Crippen LogP contribution in [0.25, 0.3) is 0 Å². The number of hydrogen-bond acceptors (Lipinski definition) is 1. The Morgan fingerprint density at radius 3 is 2.50 bits per heavy atom. The Bertz CT molecular complexity index is 195. The van der Waals surface area contributed by atoms with E-state index in [1.165, 1.54) is 18.6 Å². The van der Waals surface area contributed by atoms with Gasteiger partial charge in [-0.25, -0.2) is 0 Å². The second kappa shape index (κ2) is 1.63. The zero-order valence-electron chi connectivity index (χ0n) is 7.02. The molecule has 3 atom stereocenters. The minimum Gasteiger partial charge on any atom is -0.297 e. The van der Waals surface area contributed by atoms with Crippen molar-refractivity contribution in [3.05, 3.63) is 0 Å². The number of hydrogen-bond donors (Lipinski definition) is 0. The lowest BCUT2D eigenvalue weighted by Crippen LogP contribution is -2.06. The second-order valence-corrected chi connectivity index (χ2v) is 4.16. The molecule has 10 heavy (non-hydrogen) atoms. The summed E-state index contributed by atoms with van der Waals surface area (Å²) < 4.78 is 0. The zero-order valence-corrected chi connectivity index (χ0v) is 7.02. The Labute approximate surface area is 62.5 Å². The highest BCUT2D eigenvalue weighted by molar-refractivity contribution is 5.94. The van der Waals surface area contributed by atoms with Crippen LogP contribution < -0.4 is 0 Å². The molecule has 0 radical (unpaired) electrons. The lowest BCUT2D eigenvalue weighted by molar-refractivity contribution is 0.493. The Balaban J connectivity index is 2.25. The van der Waals surface area contributed by atoms with Crippen LogP contribution in [0.3, 0.4) is 0 Å². The van der Waals surface area contributed by atoms with Crippen molar-refractivity contribution in [2.75, 3.05) is 7.05 Å². The van der Waals surface area contributed by atoms with E-state index < -0.39 is 0 Å². The highest BCUT2D eigenvalue weighted by Crippen LogP contribution is 2.63. The van der Waals surface area contributed by atoms with E-state index in [0.717, 1.165) is 11.8 Å². The van der Waals surface area contributed by atoms with E-state index in [0.29, 0.717) is 5.41 Å². The highest BCUT2D eigenvalue weighted by atomic mass is 14.8. The summed E-state index contributed by atoms with van der Waals surface area (Å²) in [6.45, 7) is 4.70. The smallest absolute Gasteiger partial charge is 0.0276 e. The highest BCUT2D eigenvalue weighted by Gasteiger charge is 2.59. The molecule has 0 saturated heterocycles. The van der Waals surface area contributed by atoms with Crippen LogP contribution in [0.1, 0.15) is 26.7 Å². The molecular weight excluding hydrogens is 122 g/mol. The van der Waals surface area contributed by atoms with Crippen molar-refractivity contribution < 1.29 is 0 Å². The standard InChI is InChI=1S/C9H15N/c1-6-4-9(2)5-7(9)8(6)10-3/h6-7H,4-5H2,1-3H3. The summed E-state index contributed by atoms with van der Waals surface area (Å²) in [4.78, 5) is 4.35. The van der Waals surface area contributed by atoms with Crippen molar-refractivity contribution in [1.82, 2.24) is 0 Å². The van der Waals surface area contributed by atoms with E-state index in [4.69, 9.17) is 0 Å². The van der Waals surface area contributed by atoms with Gasteiger partial charge in [-0.3, -0.25) is 4.99 Å². The Morgan fingerprint density at radius 1 is 1.50 bits per heavy atom. The molecule has 0 bridgehead atoms. The van der Waals surface area contributed by atoms with E-state index in [2.05, 4.69) is 18.8 Å². The molecule has 0 spiro atoms. The first-order chi connectivity index (χ1) is 4.67. The summed E-state index contributed by atoms with van der Waals surface area (Å²) in [7, 11) is 1.94. The fourth-order valence-electron chi connectivity index (χ4n) is 2.62. The topological polar surface area (TPSA) is 12.4 Å². The molecule has 0 aliphatic heterocycles. The third kappa shape index (κ3) is 0.609. The third-order valence-electron chi connectivity index (χ3n) is 3.24. The van der Waals surface area contributed by atoms with Gasteiger partial charge in [-0.2, -0.15) is 0 Å². The molecule has 0 N–H and O–H groups in total. The van der Waals surface area contributed by atoms with Gasteiger partial charge in [-0.05, 0) is 24.2 Å². The first-order valence-corrected chi connectivity index (χ1v) is 4.14. The van der Waals surface area contributed by atoms with Crippen molar-refractivity contribution in [3.8, 4) is 0 Å². The molecule has 56 valence electrons.